The van der Waals surface area contributed by atoms with Gasteiger partial charge in [0, 0.05) is 32.8 Å². The van der Waals surface area contributed by atoms with Gasteiger partial charge in [0.2, 0.25) is 0 Å². The summed E-state index contributed by atoms with van der Waals surface area (Å²) in [5, 5.41) is 0. The van der Waals surface area contributed by atoms with E-state index in [1.807, 2.05) is 43.1 Å². The third-order valence-electron chi connectivity index (χ3n) is 6.22. The molecular formula is C25H37N3O4. The number of nitrogens with zero attached hydrogens (tertiary/aromatic N) is 3. The highest BCUT2D eigenvalue weighted by molar-refractivity contribution is 6.35. The van der Waals surface area contributed by atoms with Crippen LogP contribution in [0.2, 0.25) is 0 Å². The molecule has 1 aromatic rings. The number of hydrogen-bond acceptors (Lipinski definition) is 6. The molecule has 0 unspecified atom stereocenters. The zero-order valence-corrected chi connectivity index (χ0v) is 19.9. The maximum Gasteiger partial charge on any atom is 0.277 e. The summed E-state index contributed by atoms with van der Waals surface area (Å²) in [5.74, 6) is 0.351. The normalized spacial score (nSPS) is 18.1. The van der Waals surface area contributed by atoms with E-state index in [4.69, 9.17) is 9.47 Å². The Labute approximate surface area is 191 Å². The molecule has 3 rings (SSSR count). The minimum atomic E-state index is -0.219. The van der Waals surface area contributed by atoms with Gasteiger partial charge in [-0.3, -0.25) is 14.5 Å². The lowest BCUT2D eigenvalue weighted by Gasteiger charge is -2.36. The SMILES string of the molecule is CCCOc1ccc(C2=C(N(C)C3CCN(C)CC3)C(=O)N(CCCOCC)C2=O)cc1. The molecule has 0 aliphatic carbocycles. The van der Waals surface area contributed by atoms with Crippen molar-refractivity contribution in [2.45, 2.75) is 45.6 Å². The number of likely N-dealkylation sites (tertiary alicyclic amines) is 1. The molecule has 2 heterocycles. The lowest BCUT2D eigenvalue weighted by atomic mass is 10.00. The highest BCUT2D eigenvalue weighted by atomic mass is 16.5. The van der Waals surface area contributed by atoms with Crippen molar-refractivity contribution in [2.75, 3.05) is 53.6 Å². The van der Waals surface area contributed by atoms with Gasteiger partial charge in [0.15, 0.2) is 0 Å². The Balaban J connectivity index is 1.88. The van der Waals surface area contributed by atoms with Gasteiger partial charge in [-0.1, -0.05) is 19.1 Å². The van der Waals surface area contributed by atoms with Crippen molar-refractivity contribution in [3.8, 4) is 5.75 Å². The Morgan fingerprint density at radius 3 is 2.34 bits per heavy atom. The third kappa shape index (κ3) is 5.51. The lowest BCUT2D eigenvalue weighted by molar-refractivity contribution is -0.137. The first-order chi connectivity index (χ1) is 15.5. The number of piperidine rings is 1. The third-order valence-corrected chi connectivity index (χ3v) is 6.22. The predicted molar refractivity (Wildman–Crippen MR) is 125 cm³/mol. The van der Waals surface area contributed by atoms with E-state index in [1.54, 1.807) is 0 Å². The van der Waals surface area contributed by atoms with Crippen molar-refractivity contribution in [3.63, 3.8) is 0 Å². The van der Waals surface area contributed by atoms with E-state index in [-0.39, 0.29) is 17.9 Å². The van der Waals surface area contributed by atoms with Crippen LogP contribution in [0.25, 0.3) is 5.57 Å². The molecule has 2 aliphatic heterocycles. The fourth-order valence-electron chi connectivity index (χ4n) is 4.33. The molecule has 0 atom stereocenters. The standard InChI is InChI=1S/C25H37N3O4/c1-5-17-32-21-10-8-19(9-11-21)22-23(27(4)20-12-15-26(3)16-13-20)25(30)28(24(22)29)14-7-18-31-6-2/h8-11,20H,5-7,12-18H2,1-4H3. The van der Waals surface area contributed by atoms with Crippen LogP contribution in [0.15, 0.2) is 30.0 Å². The second kappa shape index (κ2) is 11.5. The molecule has 0 radical (unpaired) electrons. The second-order valence-corrected chi connectivity index (χ2v) is 8.55. The van der Waals surface area contributed by atoms with Gasteiger partial charge in [0.1, 0.15) is 11.4 Å². The van der Waals surface area contributed by atoms with E-state index in [0.29, 0.717) is 44.1 Å². The summed E-state index contributed by atoms with van der Waals surface area (Å²) in [6, 6.07) is 7.76. The maximum atomic E-state index is 13.4. The quantitative estimate of drug-likeness (QED) is 0.387. The molecule has 7 nitrogen and oxygen atoms in total. The average molecular weight is 444 g/mol. The molecule has 2 amide bonds. The van der Waals surface area contributed by atoms with Gasteiger partial charge >= 0.3 is 0 Å². The highest BCUT2D eigenvalue weighted by Gasteiger charge is 2.42. The minimum Gasteiger partial charge on any atom is -0.494 e. The van der Waals surface area contributed by atoms with Crippen molar-refractivity contribution in [1.29, 1.82) is 0 Å². The minimum absolute atomic E-state index is 0.200. The number of carbonyl (C=O) groups is 2. The Hall–Kier alpha value is -2.38. The van der Waals surface area contributed by atoms with Crippen molar-refractivity contribution < 1.29 is 19.1 Å². The van der Waals surface area contributed by atoms with E-state index in [9.17, 15) is 9.59 Å². The van der Waals surface area contributed by atoms with E-state index in [0.717, 1.165) is 43.7 Å². The van der Waals surface area contributed by atoms with Gasteiger partial charge in [0.05, 0.1) is 12.2 Å². The molecule has 0 saturated carbocycles. The summed E-state index contributed by atoms with van der Waals surface area (Å²) in [4.78, 5) is 32.6. The van der Waals surface area contributed by atoms with Gasteiger partial charge in [-0.05, 0) is 70.4 Å². The summed E-state index contributed by atoms with van der Waals surface area (Å²) in [6.45, 7) is 8.15. The molecule has 0 aromatic heterocycles. The van der Waals surface area contributed by atoms with Crippen LogP contribution in [0.1, 0.15) is 45.1 Å². The van der Waals surface area contributed by atoms with Crippen molar-refractivity contribution >= 4 is 17.4 Å². The number of likely N-dealkylation sites (N-methyl/N-ethyl adjacent to an activating group) is 1. The van der Waals surface area contributed by atoms with Gasteiger partial charge in [-0.2, -0.15) is 0 Å². The van der Waals surface area contributed by atoms with Crippen LogP contribution in [0.4, 0.5) is 0 Å². The number of hydrogen-bond donors (Lipinski definition) is 0. The summed E-state index contributed by atoms with van der Waals surface area (Å²) in [7, 11) is 4.08. The number of rotatable bonds is 11. The Morgan fingerprint density at radius 1 is 1.03 bits per heavy atom. The molecule has 2 aliphatic rings. The first-order valence-electron chi connectivity index (χ1n) is 11.8. The van der Waals surface area contributed by atoms with E-state index in [2.05, 4.69) is 18.9 Å². The molecule has 1 fully saturated rings. The van der Waals surface area contributed by atoms with Crippen molar-refractivity contribution in [3.05, 3.63) is 35.5 Å². The van der Waals surface area contributed by atoms with Crippen LogP contribution >= 0.6 is 0 Å². The molecule has 0 N–H and O–H groups in total. The Morgan fingerprint density at radius 2 is 1.72 bits per heavy atom. The zero-order chi connectivity index (χ0) is 23.1. The smallest absolute Gasteiger partial charge is 0.277 e. The van der Waals surface area contributed by atoms with Gasteiger partial charge < -0.3 is 19.3 Å². The van der Waals surface area contributed by atoms with Gasteiger partial charge in [0.25, 0.3) is 11.8 Å². The highest BCUT2D eigenvalue weighted by Crippen LogP contribution is 2.34. The summed E-state index contributed by atoms with van der Waals surface area (Å²) in [6.07, 6.45) is 3.51. The number of amides is 2. The maximum absolute atomic E-state index is 13.4. The van der Waals surface area contributed by atoms with Crippen molar-refractivity contribution in [2.24, 2.45) is 0 Å². The molecule has 1 saturated heterocycles. The number of carbonyl (C=O) groups excluding carboxylic acids is 2. The molecule has 32 heavy (non-hydrogen) atoms. The summed E-state index contributed by atoms with van der Waals surface area (Å²) in [5.41, 5.74) is 1.77. The van der Waals surface area contributed by atoms with Gasteiger partial charge in [-0.15, -0.1) is 0 Å². The van der Waals surface area contributed by atoms with Gasteiger partial charge in [-0.25, -0.2) is 0 Å². The molecule has 0 spiro atoms. The molecule has 1 aromatic carbocycles. The lowest BCUT2D eigenvalue weighted by Crippen LogP contribution is -2.43. The topological polar surface area (TPSA) is 62.3 Å². The average Bonchev–Trinajstić information content (AvgIpc) is 3.05. The van der Waals surface area contributed by atoms with Crippen LogP contribution in [-0.4, -0.2) is 86.1 Å². The summed E-state index contributed by atoms with van der Waals surface area (Å²) >= 11 is 0. The first kappa shape index (κ1) is 24.3. The largest absolute Gasteiger partial charge is 0.494 e. The number of benzene rings is 1. The Bertz CT molecular complexity index is 813. The Kier molecular flexibility index (Phi) is 8.70. The first-order valence-corrected chi connectivity index (χ1v) is 11.8. The molecule has 0 bridgehead atoms. The van der Waals surface area contributed by atoms with Crippen LogP contribution in [0.3, 0.4) is 0 Å². The van der Waals surface area contributed by atoms with Crippen LogP contribution < -0.4 is 4.74 Å². The van der Waals surface area contributed by atoms with Crippen LogP contribution in [0, 0.1) is 0 Å². The fraction of sp³-hybridized carbons (Fsp3) is 0.600. The molecule has 176 valence electrons. The molecular weight excluding hydrogens is 406 g/mol. The van der Waals surface area contributed by atoms with Crippen LogP contribution in [-0.2, 0) is 14.3 Å². The van der Waals surface area contributed by atoms with Crippen LogP contribution in [0.5, 0.6) is 5.75 Å². The monoisotopic (exact) mass is 443 g/mol. The zero-order valence-electron chi connectivity index (χ0n) is 19.9. The second-order valence-electron chi connectivity index (χ2n) is 8.55. The summed E-state index contributed by atoms with van der Waals surface area (Å²) < 4.78 is 11.1. The number of ether oxygens (including phenoxy) is 2. The van der Waals surface area contributed by atoms with Crippen molar-refractivity contribution in [1.82, 2.24) is 14.7 Å². The predicted octanol–water partition coefficient (Wildman–Crippen LogP) is 3.01. The fourth-order valence-corrected chi connectivity index (χ4v) is 4.33. The number of imide groups is 1. The molecule has 7 heteroatoms. The van der Waals surface area contributed by atoms with E-state index >= 15 is 0 Å². The van der Waals surface area contributed by atoms with E-state index in [1.165, 1.54) is 4.90 Å². The van der Waals surface area contributed by atoms with E-state index < -0.39 is 0 Å².